The minimum absolute atomic E-state index is 0. The summed E-state index contributed by atoms with van der Waals surface area (Å²) in [5, 5.41) is 0. The Morgan fingerprint density at radius 3 is 0.818 bits per heavy atom. The van der Waals surface area contributed by atoms with Gasteiger partial charge in [-0.1, -0.05) is 29.7 Å². The Morgan fingerprint density at radius 2 is 0.636 bits per heavy atom. The van der Waals surface area contributed by atoms with E-state index >= 15 is 0 Å². The van der Waals surface area contributed by atoms with Gasteiger partial charge in [-0.05, 0) is 94.7 Å². The number of hydrogen-bond donors (Lipinski definition) is 0. The maximum atomic E-state index is 6.03. The summed E-state index contributed by atoms with van der Waals surface area (Å²) in [6, 6.07) is 0. The van der Waals surface area contributed by atoms with Crippen molar-refractivity contribution in [2.45, 2.75) is 29.7 Å². The first-order chi connectivity index (χ1) is 19.0. The van der Waals surface area contributed by atoms with Crippen molar-refractivity contribution in [2.24, 2.45) is 0 Å². The van der Waals surface area contributed by atoms with Gasteiger partial charge in [0.25, 0.3) is 0 Å². The molecule has 44 heavy (non-hydrogen) atoms. The van der Waals surface area contributed by atoms with E-state index in [1.165, 1.54) is 7.06 Å². The molecule has 0 aromatic heterocycles. The first-order valence-electron chi connectivity index (χ1n) is 11.2. The maximum Gasteiger partial charge on any atom is 0 e. The third-order valence-corrected chi connectivity index (χ3v) is 4.42. The van der Waals surface area contributed by atoms with Crippen molar-refractivity contribution in [3.8, 4) is 119 Å². The fourth-order valence-corrected chi connectivity index (χ4v) is 2.69. The fraction of sp³-hybridized carbons (Fsp3) is 0.167. The lowest BCUT2D eigenvalue weighted by Crippen LogP contribution is -2.72. The van der Waals surface area contributed by atoms with Gasteiger partial charge in [0.2, 0.25) is 0 Å². The number of terminal acetylenes is 2. The molecule has 22 radical (unpaired) electrons. The van der Waals surface area contributed by atoms with Crippen molar-refractivity contribution < 1.29 is 0 Å². The van der Waals surface area contributed by atoms with Crippen LogP contribution in [0.2, 0.25) is 0 Å². The molecule has 0 spiro atoms. The highest BCUT2D eigenvalue weighted by molar-refractivity contribution is 8.11. The summed E-state index contributed by atoms with van der Waals surface area (Å²) in [7, 11) is 59.8. The molecule has 0 amide bonds. The molecule has 0 N–H and O–H groups in total. The molecule has 0 saturated carbocycles. The van der Waals surface area contributed by atoms with Gasteiger partial charge >= 0.3 is 0 Å². The predicted molar refractivity (Wildman–Crippen MR) is 222 cm³/mol. The van der Waals surface area contributed by atoms with Gasteiger partial charge in [0.15, 0.2) is 0 Å². The van der Waals surface area contributed by atoms with Crippen LogP contribution in [-0.2, 0) is 0 Å². The van der Waals surface area contributed by atoms with E-state index < -0.39 is 51.1 Å². The highest BCUT2D eigenvalue weighted by atomic mass is 13.6. The Bertz CT molecular complexity index is 1300. The van der Waals surface area contributed by atoms with E-state index in [0.717, 1.165) is 0 Å². The van der Waals surface area contributed by atoms with Crippen LogP contribution in [0.3, 0.4) is 0 Å². The normalized spacial score (nSPS) is 5.77. The highest BCUT2D eigenvalue weighted by Crippen LogP contribution is 1.97. The van der Waals surface area contributed by atoms with Gasteiger partial charge in [-0.25, -0.2) is 0 Å². The van der Waals surface area contributed by atoms with Gasteiger partial charge < -0.3 is 0 Å². The van der Waals surface area contributed by atoms with E-state index in [1.54, 1.807) is 7.06 Å². The van der Waals surface area contributed by atoms with Crippen LogP contribution in [0.15, 0.2) is 0 Å². The van der Waals surface area contributed by atoms with E-state index in [1.807, 2.05) is 0 Å². The molecule has 0 fully saturated rings. The van der Waals surface area contributed by atoms with E-state index in [2.05, 4.69) is 107 Å². The molecule has 0 nitrogen and oxygen atoms in total. The maximum absolute atomic E-state index is 6.03. The van der Waals surface area contributed by atoms with Crippen molar-refractivity contribution in [2.75, 3.05) is 0 Å². The summed E-state index contributed by atoms with van der Waals surface area (Å²) in [6.45, 7) is 0. The van der Waals surface area contributed by atoms with Crippen LogP contribution in [0, 0.1) is 119 Å². The zero-order valence-corrected chi connectivity index (χ0v) is 21.7. The van der Waals surface area contributed by atoms with Crippen LogP contribution in [0.5, 0.6) is 0 Å². The second kappa shape index (κ2) is 36.1. The molecule has 0 aromatic carbocycles. The molecule has 0 aromatic rings. The third-order valence-electron chi connectivity index (χ3n) is 4.42. The topological polar surface area (TPSA) is 0 Å². The molecule has 0 saturated heterocycles. The molecule has 0 unspecified atom stereocenters. The molecule has 0 heterocycles. The zero-order valence-electron chi connectivity index (χ0n) is 21.7. The Balaban J connectivity index is -0.000000150. The lowest BCUT2D eigenvalue weighted by atomic mass is 8.47. The van der Waals surface area contributed by atoms with Crippen molar-refractivity contribution in [1.82, 2.24) is 0 Å². The van der Waals surface area contributed by atoms with Crippen LogP contribution >= 0.6 is 0 Å². The first-order valence-corrected chi connectivity index (χ1v) is 11.2. The average molecular weight is 523 g/mol. The summed E-state index contributed by atoms with van der Waals surface area (Å²) in [4.78, 5) is 0. The van der Waals surface area contributed by atoms with Crippen LogP contribution in [0.4, 0.5) is 0 Å². The molecule has 0 atom stereocenters. The number of rotatable bonds is 9. The van der Waals surface area contributed by atoms with Gasteiger partial charge in [0, 0.05) is 154 Å². The minimum Gasteiger partial charge on any atom is -0.106 e. The summed E-state index contributed by atoms with van der Waals surface area (Å²) in [5.74, 6) is 43.2. The minimum atomic E-state index is -0.789. The van der Waals surface area contributed by atoms with Gasteiger partial charge in [-0.2, -0.15) is 0 Å². The SMILES string of the molecule is C.C.C.C.C#CC#CC#CC#CC#CC#CC#CC#CC#CC#C.[B][B]B(B([B])[B])B([B]B([B])B(B([B])[B])B([B])[B])B([B])[B]. The smallest absolute Gasteiger partial charge is 0 e. The average Bonchev–Trinajstić information content (AvgIpc) is 2.88. The molecule has 174 valence electrons. The third kappa shape index (κ3) is 29.0. The Morgan fingerprint density at radius 1 is 0.386 bits per heavy atom. The predicted octanol–water partition coefficient (Wildman–Crippen LogP) is -4.79. The summed E-state index contributed by atoms with van der Waals surface area (Å²) < 4.78 is 0. The summed E-state index contributed by atoms with van der Waals surface area (Å²) >= 11 is 0. The van der Waals surface area contributed by atoms with Gasteiger partial charge in [0.05, 0.1) is 0 Å². The Hall–Kier alpha value is -3.10. The molecule has 0 aliphatic carbocycles. The van der Waals surface area contributed by atoms with Crippen LogP contribution in [-0.4, -0.2) is 143 Å². The van der Waals surface area contributed by atoms with Crippen LogP contribution in [0.1, 0.15) is 29.7 Å². The lowest BCUT2D eigenvalue weighted by Gasteiger charge is -2.34. The molecular weight excluding hydrogens is 505 g/mol. The Kier molecular flexibility index (Phi) is 43.8. The monoisotopic (exact) mass is 526 g/mol. The quantitative estimate of drug-likeness (QED) is 0.211. The molecule has 0 aliphatic heterocycles. The van der Waals surface area contributed by atoms with E-state index in [-0.39, 0.29) is 29.7 Å². The van der Waals surface area contributed by atoms with Crippen molar-refractivity contribution in [1.29, 1.82) is 0 Å². The van der Waals surface area contributed by atoms with Gasteiger partial charge in [0.1, 0.15) is 0 Å². The highest BCUT2D eigenvalue weighted by Gasteiger charge is 2.36. The van der Waals surface area contributed by atoms with E-state index in [9.17, 15) is 0 Å². The van der Waals surface area contributed by atoms with Gasteiger partial charge in [-0.3, -0.25) is 0 Å². The molecular formula is C24H18B20. The summed E-state index contributed by atoms with van der Waals surface area (Å²) in [6.07, 6.45) is 4.61. The van der Waals surface area contributed by atoms with Crippen LogP contribution < -0.4 is 0 Å². The van der Waals surface area contributed by atoms with Gasteiger partial charge in [-0.15, -0.1) is 12.8 Å². The molecule has 0 aliphatic rings. The van der Waals surface area contributed by atoms with Crippen molar-refractivity contribution in [3.05, 3.63) is 0 Å². The van der Waals surface area contributed by atoms with E-state index in [0.29, 0.717) is 0 Å². The zero-order chi connectivity index (χ0) is 30.8. The fourth-order valence-electron chi connectivity index (χ4n) is 2.69. The second-order valence-electron chi connectivity index (χ2n) is 7.29. The Labute approximate surface area is 290 Å². The molecule has 0 bridgehead atoms. The number of hydrogen-bond acceptors (Lipinski definition) is 0. The van der Waals surface area contributed by atoms with Crippen molar-refractivity contribution >= 4 is 143 Å². The van der Waals surface area contributed by atoms with Crippen molar-refractivity contribution in [3.63, 3.8) is 0 Å². The molecule has 20 heteroatoms. The second-order valence-corrected chi connectivity index (χ2v) is 7.29. The molecule has 0 rings (SSSR count). The standard InChI is InChI=1S/C20H2.4CH4.B20/c1-3-5-7-9-11-13-15-17-19-20-18-16-14-12-10-8-6-4-2;;;;;1-11-18(13(2)3)19(14(4)5)12-17(10)20(15(6)7)16(8)9/h1-2H;4*1H4;. The largest absolute Gasteiger partial charge is 0.106 e. The summed E-state index contributed by atoms with van der Waals surface area (Å²) in [5.41, 5.74) is 0. The van der Waals surface area contributed by atoms with E-state index in [4.69, 9.17) is 90.2 Å². The van der Waals surface area contributed by atoms with Crippen LogP contribution in [0.25, 0.3) is 0 Å². The first kappa shape index (κ1) is 53.5. The lowest BCUT2D eigenvalue weighted by molar-refractivity contribution is 2.33.